The van der Waals surface area contributed by atoms with Crippen molar-refractivity contribution < 1.29 is 22.7 Å². The minimum atomic E-state index is -3.08. The van der Waals surface area contributed by atoms with Crippen molar-refractivity contribution in [3.63, 3.8) is 0 Å². The van der Waals surface area contributed by atoms with Gasteiger partial charge in [-0.05, 0) is 57.6 Å². The van der Waals surface area contributed by atoms with Crippen LogP contribution in [0.25, 0.3) is 0 Å². The van der Waals surface area contributed by atoms with Gasteiger partial charge in [-0.1, -0.05) is 148 Å². The van der Waals surface area contributed by atoms with Gasteiger partial charge in [-0.15, -0.1) is 0 Å². The Morgan fingerprint density at radius 2 is 1.08 bits per heavy atom. The van der Waals surface area contributed by atoms with E-state index in [4.69, 9.17) is 13.9 Å². The number of hydrogen-bond donors (Lipinski definition) is 1. The van der Waals surface area contributed by atoms with Gasteiger partial charge in [0.25, 0.3) is 14.2 Å². The van der Waals surface area contributed by atoms with Crippen molar-refractivity contribution in [2.24, 2.45) is 0 Å². The molecule has 256 valence electrons. The molecule has 0 amide bonds. The first-order valence-corrected chi connectivity index (χ1v) is 18.8. The van der Waals surface area contributed by atoms with Gasteiger partial charge in [-0.25, -0.2) is 8.78 Å². The summed E-state index contributed by atoms with van der Waals surface area (Å²) in [4.78, 5) is 0. The fraction of sp³-hybridized carbons (Fsp3) is 0.286. The molecule has 0 radical (unpaired) electrons. The molecule has 0 aliphatic rings. The normalized spacial score (nSPS) is 12.8. The molecule has 0 heterocycles. The van der Waals surface area contributed by atoms with Crippen molar-refractivity contribution in [1.82, 2.24) is 5.32 Å². The van der Waals surface area contributed by atoms with Crippen molar-refractivity contribution in [1.29, 1.82) is 0 Å². The van der Waals surface area contributed by atoms with Gasteiger partial charge in [0, 0.05) is 6.04 Å². The number of ether oxygens (including phenoxy) is 2. The first-order chi connectivity index (χ1) is 23.6. The summed E-state index contributed by atoms with van der Waals surface area (Å²) in [7, 11) is -3.08. The van der Waals surface area contributed by atoms with Crippen molar-refractivity contribution in [3.8, 4) is 11.5 Å². The third-order valence-corrected chi connectivity index (χ3v) is 13.6. The Hall–Kier alpha value is -4.30. The molecule has 0 aliphatic carbocycles. The highest BCUT2D eigenvalue weighted by Gasteiger charge is 2.51. The second-order valence-electron chi connectivity index (χ2n) is 13.6. The Morgan fingerprint density at radius 3 is 1.57 bits per heavy atom. The molecule has 4 nitrogen and oxygen atoms in total. The van der Waals surface area contributed by atoms with E-state index in [0.29, 0.717) is 31.1 Å². The first kappa shape index (κ1) is 36.0. The minimum absolute atomic E-state index is 0.225. The van der Waals surface area contributed by atoms with Crippen LogP contribution < -0.4 is 25.2 Å². The fourth-order valence-electron chi connectivity index (χ4n) is 6.16. The second kappa shape index (κ2) is 16.4. The van der Waals surface area contributed by atoms with Gasteiger partial charge in [-0.3, -0.25) is 0 Å². The highest BCUT2D eigenvalue weighted by molar-refractivity contribution is 6.99. The molecule has 0 saturated carbocycles. The summed E-state index contributed by atoms with van der Waals surface area (Å²) >= 11 is 0. The fourth-order valence-corrected chi connectivity index (χ4v) is 10.7. The summed E-state index contributed by atoms with van der Waals surface area (Å²) in [5.74, 6) is -1.83. The maximum absolute atomic E-state index is 15.7. The Bertz CT molecular complexity index is 1680. The molecule has 49 heavy (non-hydrogen) atoms. The molecule has 1 atom stereocenters. The standard InChI is InChI=1S/C42H47F2NO3Si/c1-33(27-36-25-26-39(46-29-34-17-9-5-10-18-34)40(28-36)47-30-35-19-11-6-12-20-35)45-31-42(43,44)32-48-49(41(2,3)4,37-21-13-7-14-22-37)38-23-15-8-16-24-38/h5-26,28,33,45H,27,29-32H2,1-4H3/t33-/m1/s1. The lowest BCUT2D eigenvalue weighted by atomic mass is 10.1. The van der Waals surface area contributed by atoms with E-state index in [2.05, 4.69) is 26.1 Å². The van der Waals surface area contributed by atoms with Crippen LogP contribution in [0.3, 0.4) is 0 Å². The van der Waals surface area contributed by atoms with E-state index < -0.39 is 27.4 Å². The molecule has 0 aromatic heterocycles. The van der Waals surface area contributed by atoms with Crippen LogP contribution in [0.2, 0.25) is 5.04 Å². The monoisotopic (exact) mass is 679 g/mol. The van der Waals surface area contributed by atoms with E-state index in [1.807, 2.05) is 146 Å². The molecule has 0 bridgehead atoms. The van der Waals surface area contributed by atoms with Crippen LogP contribution in [-0.4, -0.2) is 33.4 Å². The zero-order chi connectivity index (χ0) is 34.7. The van der Waals surface area contributed by atoms with Gasteiger partial charge in [0.05, 0.1) is 13.2 Å². The third kappa shape index (κ3) is 9.66. The highest BCUT2D eigenvalue weighted by Crippen LogP contribution is 2.37. The molecule has 0 spiro atoms. The first-order valence-electron chi connectivity index (χ1n) is 16.9. The van der Waals surface area contributed by atoms with Gasteiger partial charge in [0.15, 0.2) is 11.5 Å². The van der Waals surface area contributed by atoms with Crippen LogP contribution in [-0.2, 0) is 24.1 Å². The maximum Gasteiger partial charge on any atom is 0.281 e. The van der Waals surface area contributed by atoms with Crippen molar-refractivity contribution in [2.45, 2.75) is 64.3 Å². The van der Waals surface area contributed by atoms with Crippen LogP contribution in [0.5, 0.6) is 11.5 Å². The third-order valence-electron chi connectivity index (χ3n) is 8.65. The van der Waals surface area contributed by atoms with E-state index in [1.54, 1.807) is 0 Å². The van der Waals surface area contributed by atoms with Gasteiger partial charge in [0.2, 0.25) is 0 Å². The molecule has 5 aromatic carbocycles. The number of nitrogens with one attached hydrogen (secondary N) is 1. The molecule has 0 saturated heterocycles. The average molecular weight is 680 g/mol. The maximum atomic E-state index is 15.7. The molecule has 5 rings (SSSR count). The molecule has 0 fully saturated rings. The molecular weight excluding hydrogens is 633 g/mol. The highest BCUT2D eigenvalue weighted by atomic mass is 28.4. The number of rotatable bonds is 16. The van der Waals surface area contributed by atoms with Crippen LogP contribution in [0.1, 0.15) is 44.4 Å². The van der Waals surface area contributed by atoms with Crippen LogP contribution in [0.4, 0.5) is 8.78 Å². The number of halogens is 2. The lowest BCUT2D eigenvalue weighted by molar-refractivity contribution is -0.0433. The molecule has 1 N–H and O–H groups in total. The lowest BCUT2D eigenvalue weighted by Crippen LogP contribution is -2.67. The summed E-state index contributed by atoms with van der Waals surface area (Å²) in [6.07, 6.45) is 0.534. The number of benzene rings is 5. The zero-order valence-corrected chi connectivity index (χ0v) is 29.9. The summed E-state index contributed by atoms with van der Waals surface area (Å²) in [6, 6.07) is 45.3. The molecule has 0 aliphatic heterocycles. The number of alkyl halides is 2. The van der Waals surface area contributed by atoms with Gasteiger partial charge in [-0.2, -0.15) is 0 Å². The van der Waals surface area contributed by atoms with Crippen LogP contribution >= 0.6 is 0 Å². The molecular formula is C42H47F2NO3Si. The molecule has 0 unspecified atom stereocenters. The Labute approximate surface area is 291 Å². The van der Waals surface area contributed by atoms with E-state index in [-0.39, 0.29) is 11.1 Å². The van der Waals surface area contributed by atoms with Crippen molar-refractivity contribution in [2.75, 3.05) is 13.2 Å². The summed E-state index contributed by atoms with van der Waals surface area (Å²) in [5.41, 5.74) is 3.06. The Kier molecular flexibility index (Phi) is 12.0. The van der Waals surface area contributed by atoms with Gasteiger partial charge >= 0.3 is 0 Å². The summed E-state index contributed by atoms with van der Waals surface area (Å²) in [6.45, 7) is 7.81. The van der Waals surface area contributed by atoms with Crippen LogP contribution in [0.15, 0.2) is 140 Å². The smallest absolute Gasteiger partial charge is 0.281 e. The van der Waals surface area contributed by atoms with Crippen molar-refractivity contribution >= 4 is 18.7 Å². The minimum Gasteiger partial charge on any atom is -0.485 e. The predicted octanol–water partition coefficient (Wildman–Crippen LogP) is 8.58. The predicted molar refractivity (Wildman–Crippen MR) is 198 cm³/mol. The van der Waals surface area contributed by atoms with Gasteiger partial charge < -0.3 is 19.2 Å². The van der Waals surface area contributed by atoms with E-state index in [9.17, 15) is 0 Å². The molecule has 7 heteroatoms. The average Bonchev–Trinajstić information content (AvgIpc) is 3.11. The van der Waals surface area contributed by atoms with E-state index >= 15 is 8.78 Å². The Morgan fingerprint density at radius 1 is 0.612 bits per heavy atom. The number of hydrogen-bond acceptors (Lipinski definition) is 4. The van der Waals surface area contributed by atoms with Crippen LogP contribution in [0, 0.1) is 0 Å². The second-order valence-corrected chi connectivity index (χ2v) is 17.9. The lowest BCUT2D eigenvalue weighted by Gasteiger charge is -2.43. The van der Waals surface area contributed by atoms with E-state index in [1.165, 1.54) is 0 Å². The van der Waals surface area contributed by atoms with Gasteiger partial charge in [0.1, 0.15) is 13.2 Å². The van der Waals surface area contributed by atoms with E-state index in [0.717, 1.165) is 27.1 Å². The topological polar surface area (TPSA) is 39.7 Å². The zero-order valence-electron chi connectivity index (χ0n) is 28.9. The summed E-state index contributed by atoms with van der Waals surface area (Å²) < 4.78 is 50.3. The quantitative estimate of drug-likeness (QED) is 0.106. The summed E-state index contributed by atoms with van der Waals surface area (Å²) in [5, 5.41) is 4.65. The molecule has 5 aromatic rings. The Balaban J connectivity index is 1.26. The largest absolute Gasteiger partial charge is 0.485 e. The van der Waals surface area contributed by atoms with Crippen molar-refractivity contribution in [3.05, 3.63) is 156 Å². The SMILES string of the molecule is C[C@H](Cc1ccc(OCc2ccccc2)c(OCc2ccccc2)c1)NCC(F)(F)CO[Si](c1ccccc1)(c1ccccc1)C(C)(C)C.